The summed E-state index contributed by atoms with van der Waals surface area (Å²) in [6, 6.07) is 12.1. The van der Waals surface area contributed by atoms with Crippen LogP contribution in [-0.4, -0.2) is 22.5 Å². The van der Waals surface area contributed by atoms with E-state index in [0.29, 0.717) is 13.1 Å². The van der Waals surface area contributed by atoms with Crippen molar-refractivity contribution in [2.24, 2.45) is 0 Å². The number of rotatable bonds is 7. The molecule has 0 saturated carbocycles. The lowest BCUT2D eigenvalue weighted by atomic mass is 10.1. The van der Waals surface area contributed by atoms with Crippen molar-refractivity contribution in [3.8, 4) is 11.3 Å². The largest absolute Gasteiger partial charge is 0.338 e. The fraction of sp³-hybridized carbons (Fsp3) is 0.211. The Labute approximate surface area is 151 Å². The molecule has 0 atom stereocenters. The zero-order valence-corrected chi connectivity index (χ0v) is 14.6. The number of carbonyl (C=O) groups excluding carboxylic acids is 1. The van der Waals surface area contributed by atoms with Gasteiger partial charge in [-0.3, -0.25) is 9.97 Å². The number of benzene rings is 1. The lowest BCUT2D eigenvalue weighted by Gasteiger charge is -2.09. The van der Waals surface area contributed by atoms with Crippen molar-refractivity contribution in [1.29, 1.82) is 0 Å². The van der Waals surface area contributed by atoms with Crippen molar-refractivity contribution < 1.29 is 4.79 Å². The third-order valence-electron chi connectivity index (χ3n) is 3.76. The topological polar surface area (TPSA) is 66.9 Å². The van der Waals surface area contributed by atoms with Crippen LogP contribution in [0.15, 0.2) is 59.6 Å². The Morgan fingerprint density at radius 3 is 2.68 bits per heavy atom. The molecule has 0 spiro atoms. The highest BCUT2D eigenvalue weighted by Crippen LogP contribution is 2.22. The summed E-state index contributed by atoms with van der Waals surface area (Å²) in [5, 5.41) is 9.76. The molecule has 1 aromatic carbocycles. The van der Waals surface area contributed by atoms with E-state index in [0.717, 1.165) is 29.8 Å². The zero-order chi connectivity index (χ0) is 17.3. The molecule has 0 fully saturated rings. The van der Waals surface area contributed by atoms with E-state index in [1.54, 1.807) is 23.7 Å². The number of nitrogens with zero attached hydrogens (tertiary/aromatic N) is 2. The van der Waals surface area contributed by atoms with E-state index in [9.17, 15) is 4.79 Å². The summed E-state index contributed by atoms with van der Waals surface area (Å²) in [5.74, 6) is 0. The number of aryl methyl sites for hydroxylation is 1. The summed E-state index contributed by atoms with van der Waals surface area (Å²) in [6.45, 7) is 0.988. The predicted molar refractivity (Wildman–Crippen MR) is 100 cm³/mol. The molecule has 128 valence electrons. The first kappa shape index (κ1) is 17.1. The summed E-state index contributed by atoms with van der Waals surface area (Å²) >= 11 is 1.61. The molecule has 0 aliphatic rings. The smallest absolute Gasteiger partial charge is 0.315 e. The van der Waals surface area contributed by atoms with Crippen LogP contribution in [0, 0.1) is 0 Å². The Morgan fingerprint density at radius 2 is 1.88 bits per heavy atom. The zero-order valence-electron chi connectivity index (χ0n) is 13.8. The van der Waals surface area contributed by atoms with Gasteiger partial charge in [0.2, 0.25) is 0 Å². The number of hydrogen-bond acceptors (Lipinski definition) is 4. The molecular weight excluding hydrogens is 332 g/mol. The van der Waals surface area contributed by atoms with E-state index >= 15 is 0 Å². The minimum Gasteiger partial charge on any atom is -0.338 e. The first-order chi connectivity index (χ1) is 12.3. The van der Waals surface area contributed by atoms with Crippen LogP contribution in [0.1, 0.15) is 17.7 Å². The third kappa shape index (κ3) is 5.12. The maximum Gasteiger partial charge on any atom is 0.315 e. The second-order valence-electron chi connectivity index (χ2n) is 5.56. The van der Waals surface area contributed by atoms with Gasteiger partial charge in [-0.05, 0) is 29.9 Å². The van der Waals surface area contributed by atoms with E-state index in [1.807, 2.05) is 35.0 Å². The summed E-state index contributed by atoms with van der Waals surface area (Å²) in [6.07, 6.45) is 5.17. The highest BCUT2D eigenvalue weighted by molar-refractivity contribution is 7.08. The van der Waals surface area contributed by atoms with Crippen molar-refractivity contribution in [2.75, 3.05) is 6.54 Å². The molecule has 0 aliphatic heterocycles. The lowest BCUT2D eigenvalue weighted by molar-refractivity contribution is 0.240. The van der Waals surface area contributed by atoms with Crippen molar-refractivity contribution in [2.45, 2.75) is 19.4 Å². The van der Waals surface area contributed by atoms with Crippen molar-refractivity contribution >= 4 is 17.4 Å². The molecule has 6 heteroatoms. The number of aromatic nitrogens is 2. The summed E-state index contributed by atoms with van der Waals surface area (Å²) < 4.78 is 0. The van der Waals surface area contributed by atoms with Gasteiger partial charge in [-0.15, -0.1) is 0 Å². The van der Waals surface area contributed by atoms with E-state index < -0.39 is 0 Å². The lowest BCUT2D eigenvalue weighted by Crippen LogP contribution is -2.36. The van der Waals surface area contributed by atoms with Gasteiger partial charge in [0.25, 0.3) is 0 Å². The SMILES string of the molecule is O=C(NCCCc1ccccc1)NCc1nccnc1-c1ccsc1. The van der Waals surface area contributed by atoms with Gasteiger partial charge < -0.3 is 10.6 Å². The van der Waals surface area contributed by atoms with Gasteiger partial charge in [0, 0.05) is 29.9 Å². The molecule has 2 amide bonds. The van der Waals surface area contributed by atoms with Crippen LogP contribution in [0.3, 0.4) is 0 Å². The first-order valence-corrected chi connectivity index (χ1v) is 9.15. The Hall–Kier alpha value is -2.73. The van der Waals surface area contributed by atoms with Crippen LogP contribution in [0.5, 0.6) is 0 Å². The van der Waals surface area contributed by atoms with E-state index in [4.69, 9.17) is 0 Å². The number of carbonyl (C=O) groups is 1. The molecule has 0 radical (unpaired) electrons. The molecule has 3 aromatic rings. The van der Waals surface area contributed by atoms with Gasteiger partial charge >= 0.3 is 6.03 Å². The molecule has 2 aromatic heterocycles. The van der Waals surface area contributed by atoms with Gasteiger partial charge in [0.15, 0.2) is 0 Å². The van der Waals surface area contributed by atoms with Gasteiger partial charge in [-0.25, -0.2) is 4.79 Å². The normalized spacial score (nSPS) is 10.4. The van der Waals surface area contributed by atoms with Crippen molar-refractivity contribution in [3.63, 3.8) is 0 Å². The molecule has 2 heterocycles. The molecular formula is C19H20N4OS. The molecule has 2 N–H and O–H groups in total. The summed E-state index contributed by atoms with van der Waals surface area (Å²) in [7, 11) is 0. The Balaban J connectivity index is 1.44. The Kier molecular flexibility index (Phi) is 6.11. The Bertz CT molecular complexity index is 790. The van der Waals surface area contributed by atoms with Crippen LogP contribution in [0.25, 0.3) is 11.3 Å². The van der Waals surface area contributed by atoms with Gasteiger partial charge in [0.05, 0.1) is 17.9 Å². The molecule has 0 bridgehead atoms. The fourth-order valence-corrected chi connectivity index (χ4v) is 3.14. The molecule has 3 rings (SSSR count). The first-order valence-electron chi connectivity index (χ1n) is 8.21. The molecule has 25 heavy (non-hydrogen) atoms. The average molecular weight is 352 g/mol. The van der Waals surface area contributed by atoms with E-state index in [2.05, 4.69) is 32.7 Å². The number of nitrogens with one attached hydrogen (secondary N) is 2. The van der Waals surface area contributed by atoms with Crippen LogP contribution in [-0.2, 0) is 13.0 Å². The molecule has 5 nitrogen and oxygen atoms in total. The quantitative estimate of drug-likeness (QED) is 0.638. The molecule has 0 unspecified atom stereocenters. The maximum atomic E-state index is 12.0. The minimum atomic E-state index is -0.185. The second kappa shape index (κ2) is 8.94. The van der Waals surface area contributed by atoms with E-state index in [-0.39, 0.29) is 6.03 Å². The van der Waals surface area contributed by atoms with Crippen LogP contribution < -0.4 is 10.6 Å². The number of thiophene rings is 1. The Morgan fingerprint density at radius 1 is 1.04 bits per heavy atom. The van der Waals surface area contributed by atoms with E-state index in [1.165, 1.54) is 5.56 Å². The van der Waals surface area contributed by atoms with Gasteiger partial charge in [-0.1, -0.05) is 30.3 Å². The number of hydrogen-bond donors (Lipinski definition) is 2. The maximum absolute atomic E-state index is 12.0. The van der Waals surface area contributed by atoms with Crippen molar-refractivity contribution in [1.82, 2.24) is 20.6 Å². The van der Waals surface area contributed by atoms with Crippen molar-refractivity contribution in [3.05, 3.63) is 70.8 Å². The minimum absolute atomic E-state index is 0.185. The predicted octanol–water partition coefficient (Wildman–Crippen LogP) is 3.64. The highest BCUT2D eigenvalue weighted by atomic mass is 32.1. The third-order valence-corrected chi connectivity index (χ3v) is 4.44. The van der Waals surface area contributed by atoms with Gasteiger partial charge in [0.1, 0.15) is 0 Å². The monoisotopic (exact) mass is 352 g/mol. The van der Waals surface area contributed by atoms with Gasteiger partial charge in [-0.2, -0.15) is 11.3 Å². The highest BCUT2D eigenvalue weighted by Gasteiger charge is 2.09. The molecule has 0 aliphatic carbocycles. The summed E-state index contributed by atoms with van der Waals surface area (Å²) in [4.78, 5) is 20.7. The molecule has 0 saturated heterocycles. The van der Waals surface area contributed by atoms with Crippen LogP contribution >= 0.6 is 11.3 Å². The van der Waals surface area contributed by atoms with Crippen LogP contribution in [0.4, 0.5) is 4.79 Å². The summed E-state index contributed by atoms with van der Waals surface area (Å²) in [5.41, 5.74) is 3.89. The number of urea groups is 1. The average Bonchev–Trinajstić information content (AvgIpc) is 3.19. The fourth-order valence-electron chi connectivity index (χ4n) is 2.50. The number of amides is 2. The second-order valence-corrected chi connectivity index (χ2v) is 6.34. The van der Waals surface area contributed by atoms with Crippen LogP contribution in [0.2, 0.25) is 0 Å². The standard InChI is InChI=1S/C19H20N4OS/c24-19(22-9-4-7-15-5-2-1-3-6-15)23-13-17-18(21-11-10-20-17)16-8-12-25-14-16/h1-3,5-6,8,10-12,14H,4,7,9,13H2,(H2,22,23,24).